The zero-order valence-electron chi connectivity index (χ0n) is 9.95. The van der Waals surface area contributed by atoms with Crippen molar-refractivity contribution in [2.45, 2.75) is 17.9 Å². The third-order valence-electron chi connectivity index (χ3n) is 1.91. The van der Waals surface area contributed by atoms with Crippen molar-refractivity contribution >= 4 is 26.8 Å². The van der Waals surface area contributed by atoms with Crippen LogP contribution in [0, 0.1) is 0 Å². The molecule has 2 unspecified atom stereocenters. The molecule has 1 aromatic heterocycles. The van der Waals surface area contributed by atoms with E-state index in [1.54, 1.807) is 6.92 Å². The molecule has 102 valence electrons. The summed E-state index contributed by atoms with van der Waals surface area (Å²) in [7, 11) is -4.78. The second kappa shape index (κ2) is 6.18. The first-order valence-corrected chi connectivity index (χ1v) is 8.17. The Kier molecular flexibility index (Phi) is 5.14. The molecule has 1 heterocycles. The fraction of sp³-hybridized carbons (Fsp3) is 0.500. The first kappa shape index (κ1) is 15.0. The number of hydrogen-bond donors (Lipinski definition) is 3. The molecule has 0 aliphatic rings. The van der Waals surface area contributed by atoms with Crippen LogP contribution in [0.5, 0.6) is 0 Å². The molecular weight excluding hydrogens is 278 g/mol. The molecule has 0 aromatic carbocycles. The molecule has 0 fully saturated rings. The number of nitrogens with two attached hydrogens (primary N) is 1. The van der Waals surface area contributed by atoms with Gasteiger partial charge in [0, 0.05) is 28.9 Å². The zero-order chi connectivity index (χ0) is 13.8. The van der Waals surface area contributed by atoms with E-state index in [0.29, 0.717) is 0 Å². The number of aromatic nitrogens is 2. The minimum absolute atomic E-state index is 0.0739. The molecule has 18 heavy (non-hydrogen) atoms. The van der Waals surface area contributed by atoms with E-state index in [1.807, 2.05) is 0 Å². The maximum absolute atomic E-state index is 11.9. The highest BCUT2D eigenvalue weighted by molar-refractivity contribution is 7.89. The number of sulfonamides is 1. The van der Waals surface area contributed by atoms with Gasteiger partial charge in [0.15, 0.2) is 0 Å². The molecule has 0 bridgehead atoms. The molecule has 10 heteroatoms. The van der Waals surface area contributed by atoms with Gasteiger partial charge in [-0.05, 0) is 6.92 Å². The lowest BCUT2D eigenvalue weighted by atomic mass is 10.4. The molecule has 1 rings (SSSR count). The molecule has 0 saturated heterocycles. The summed E-state index contributed by atoms with van der Waals surface area (Å²) >= 11 is 0. The van der Waals surface area contributed by atoms with Gasteiger partial charge in [0.2, 0.25) is 16.0 Å². The van der Waals surface area contributed by atoms with Gasteiger partial charge in [-0.2, -0.15) is 0 Å². The number of anilines is 1. The van der Waals surface area contributed by atoms with Crippen LogP contribution in [-0.4, -0.2) is 40.6 Å². The van der Waals surface area contributed by atoms with E-state index in [0.717, 1.165) is 12.4 Å². The zero-order valence-corrected chi connectivity index (χ0v) is 11.6. The van der Waals surface area contributed by atoms with Gasteiger partial charge >= 0.3 is 0 Å². The lowest BCUT2D eigenvalue weighted by Crippen LogP contribution is -2.36. The van der Waals surface area contributed by atoms with Crippen molar-refractivity contribution in [3.8, 4) is 0 Å². The average molecular weight is 293 g/mol. The van der Waals surface area contributed by atoms with E-state index in [4.69, 9.17) is 5.84 Å². The van der Waals surface area contributed by atoms with Crippen LogP contribution in [0.4, 0.5) is 5.95 Å². The first-order valence-electron chi connectivity index (χ1n) is 4.96. The van der Waals surface area contributed by atoms with Gasteiger partial charge in [-0.25, -0.2) is 29.0 Å². The number of hydrogen-bond acceptors (Lipinski definition) is 7. The lowest BCUT2D eigenvalue weighted by molar-refractivity contribution is 0.569. The molecule has 0 spiro atoms. The first-order chi connectivity index (χ1) is 8.35. The van der Waals surface area contributed by atoms with E-state index in [-0.39, 0.29) is 16.6 Å². The molecule has 2 atom stereocenters. The van der Waals surface area contributed by atoms with Crippen LogP contribution in [-0.2, 0) is 20.8 Å². The van der Waals surface area contributed by atoms with Gasteiger partial charge in [0.05, 0.1) is 12.4 Å². The van der Waals surface area contributed by atoms with Crippen LogP contribution in [0.2, 0.25) is 0 Å². The van der Waals surface area contributed by atoms with Crippen molar-refractivity contribution < 1.29 is 12.6 Å². The van der Waals surface area contributed by atoms with E-state index < -0.39 is 26.9 Å². The monoisotopic (exact) mass is 293 g/mol. The standard InChI is InChI=1S/C8H15N5O3S2/c1-6(5-17(2)14)13-18(15,16)7-3-10-8(12-9)11-4-7/h3-4,6,13H,5,9H2,1-2H3,(H,10,11,12). The van der Waals surface area contributed by atoms with Crippen LogP contribution >= 0.6 is 0 Å². The fourth-order valence-electron chi connectivity index (χ4n) is 1.25. The van der Waals surface area contributed by atoms with Crippen LogP contribution in [0.3, 0.4) is 0 Å². The summed E-state index contributed by atoms with van der Waals surface area (Å²) in [6.07, 6.45) is 3.79. The molecular formula is C8H15N5O3S2. The summed E-state index contributed by atoms with van der Waals surface area (Å²) in [5.41, 5.74) is 2.19. The van der Waals surface area contributed by atoms with Gasteiger partial charge in [0.1, 0.15) is 4.90 Å². The van der Waals surface area contributed by atoms with Gasteiger partial charge in [0.25, 0.3) is 0 Å². The summed E-state index contributed by atoms with van der Waals surface area (Å²) in [4.78, 5) is 7.34. The number of hydrazine groups is 1. The smallest absolute Gasteiger partial charge is 0.243 e. The molecule has 8 nitrogen and oxygen atoms in total. The lowest BCUT2D eigenvalue weighted by Gasteiger charge is -2.12. The van der Waals surface area contributed by atoms with Crippen molar-refractivity contribution in [2.75, 3.05) is 17.4 Å². The minimum Gasteiger partial charge on any atom is -0.292 e. The summed E-state index contributed by atoms with van der Waals surface area (Å²) < 4.78 is 37.1. The predicted molar refractivity (Wildman–Crippen MR) is 68.6 cm³/mol. The molecule has 0 saturated carbocycles. The Hall–Kier alpha value is -1.10. The number of nitrogens with zero attached hydrogens (tertiary/aromatic N) is 2. The van der Waals surface area contributed by atoms with Gasteiger partial charge in [-0.3, -0.25) is 9.63 Å². The van der Waals surface area contributed by atoms with Crippen LogP contribution in [0.15, 0.2) is 17.3 Å². The average Bonchev–Trinajstić information content (AvgIpc) is 2.27. The van der Waals surface area contributed by atoms with Gasteiger partial charge in [-0.1, -0.05) is 0 Å². The summed E-state index contributed by atoms with van der Waals surface area (Å²) in [6, 6.07) is -0.437. The van der Waals surface area contributed by atoms with Crippen LogP contribution in [0.1, 0.15) is 6.92 Å². The van der Waals surface area contributed by atoms with Crippen molar-refractivity contribution in [1.82, 2.24) is 14.7 Å². The second-order valence-corrected chi connectivity index (χ2v) is 6.84. The normalized spacial score (nSPS) is 15.1. The summed E-state index contributed by atoms with van der Waals surface area (Å²) in [6.45, 7) is 1.63. The maximum Gasteiger partial charge on any atom is 0.243 e. The van der Waals surface area contributed by atoms with Crippen LogP contribution in [0.25, 0.3) is 0 Å². The number of nitrogen functional groups attached to an aromatic ring is 1. The quantitative estimate of drug-likeness (QED) is 0.444. The summed E-state index contributed by atoms with van der Waals surface area (Å²) in [5, 5.41) is 0. The molecule has 4 N–H and O–H groups in total. The molecule has 0 amide bonds. The highest BCUT2D eigenvalue weighted by atomic mass is 32.2. The Morgan fingerprint density at radius 1 is 1.44 bits per heavy atom. The van der Waals surface area contributed by atoms with Crippen molar-refractivity contribution in [2.24, 2.45) is 5.84 Å². The largest absolute Gasteiger partial charge is 0.292 e. The SMILES string of the molecule is CC(CS(C)=O)NS(=O)(=O)c1cnc(NN)nc1. The van der Waals surface area contributed by atoms with Crippen molar-refractivity contribution in [3.05, 3.63) is 12.4 Å². The highest BCUT2D eigenvalue weighted by Gasteiger charge is 2.18. The Bertz CT molecular complexity index is 516. The Morgan fingerprint density at radius 3 is 2.44 bits per heavy atom. The molecule has 1 aromatic rings. The van der Waals surface area contributed by atoms with Crippen molar-refractivity contribution in [3.63, 3.8) is 0 Å². The van der Waals surface area contributed by atoms with E-state index in [1.165, 1.54) is 6.26 Å². The topological polar surface area (TPSA) is 127 Å². The Balaban J connectivity index is 2.82. The van der Waals surface area contributed by atoms with Gasteiger partial charge < -0.3 is 0 Å². The minimum atomic E-state index is -3.71. The van der Waals surface area contributed by atoms with E-state index in [9.17, 15) is 12.6 Å². The molecule has 0 aliphatic heterocycles. The third-order valence-corrected chi connectivity index (χ3v) is 4.42. The van der Waals surface area contributed by atoms with Gasteiger partial charge in [-0.15, -0.1) is 0 Å². The van der Waals surface area contributed by atoms with E-state index >= 15 is 0 Å². The number of rotatable bonds is 6. The second-order valence-electron chi connectivity index (χ2n) is 3.65. The third kappa shape index (κ3) is 4.29. The van der Waals surface area contributed by atoms with Crippen molar-refractivity contribution in [1.29, 1.82) is 0 Å². The molecule has 0 aliphatic carbocycles. The number of nitrogens with one attached hydrogen (secondary N) is 2. The Labute approximate surface area is 108 Å². The maximum atomic E-state index is 11.9. The Morgan fingerprint density at radius 2 is 2.00 bits per heavy atom. The fourth-order valence-corrected chi connectivity index (χ4v) is 3.27. The summed E-state index contributed by atoms with van der Waals surface area (Å²) in [5.74, 6) is 5.43. The molecule has 0 radical (unpaired) electrons. The van der Waals surface area contributed by atoms with Crippen LogP contribution < -0.4 is 16.0 Å². The highest BCUT2D eigenvalue weighted by Crippen LogP contribution is 2.07. The van der Waals surface area contributed by atoms with E-state index in [2.05, 4.69) is 20.1 Å². The predicted octanol–water partition coefficient (Wildman–Crippen LogP) is -1.19.